The van der Waals surface area contributed by atoms with Crippen LogP contribution in [0.25, 0.3) is 0 Å². The number of nitrogens with zero attached hydrogens (tertiary/aromatic N) is 2. The molecule has 1 aromatic carbocycles. The van der Waals surface area contributed by atoms with E-state index in [1.807, 2.05) is 12.1 Å². The van der Waals surface area contributed by atoms with Gasteiger partial charge in [0.15, 0.2) is 0 Å². The van der Waals surface area contributed by atoms with E-state index < -0.39 is 0 Å². The molecule has 18 heavy (non-hydrogen) atoms. The summed E-state index contributed by atoms with van der Waals surface area (Å²) in [5, 5.41) is 9.38. The van der Waals surface area contributed by atoms with Crippen LogP contribution < -0.4 is 5.73 Å². The highest BCUT2D eigenvalue weighted by Crippen LogP contribution is 2.21. The van der Waals surface area contributed by atoms with Gasteiger partial charge in [0.1, 0.15) is 5.75 Å². The van der Waals surface area contributed by atoms with Crippen LogP contribution in [0.15, 0.2) is 18.2 Å². The number of rotatable bonds is 5. The van der Waals surface area contributed by atoms with Crippen molar-refractivity contribution in [2.24, 2.45) is 0 Å². The summed E-state index contributed by atoms with van der Waals surface area (Å²) in [7, 11) is 2.12. The molecule has 1 fully saturated rings. The van der Waals surface area contributed by atoms with Crippen molar-refractivity contribution in [1.29, 1.82) is 0 Å². The van der Waals surface area contributed by atoms with Crippen LogP contribution in [-0.2, 0) is 6.54 Å². The summed E-state index contributed by atoms with van der Waals surface area (Å²) in [5.74, 6) is 0.165. The lowest BCUT2D eigenvalue weighted by Gasteiger charge is -2.21. The minimum Gasteiger partial charge on any atom is -0.506 e. The number of likely N-dealkylation sites (tertiary alicyclic amines) is 1. The Bertz CT molecular complexity index is 389. The zero-order valence-electron chi connectivity index (χ0n) is 11.1. The number of phenolic OH excluding ortho intramolecular Hbond substituents is 1. The molecule has 0 radical (unpaired) electrons. The topological polar surface area (TPSA) is 52.7 Å². The first-order valence-electron chi connectivity index (χ1n) is 6.63. The first-order valence-corrected chi connectivity index (χ1v) is 6.63. The number of anilines is 1. The molecule has 1 heterocycles. The first kappa shape index (κ1) is 13.2. The normalized spacial score (nSPS) is 16.6. The van der Waals surface area contributed by atoms with Crippen molar-refractivity contribution in [2.75, 3.05) is 39.0 Å². The van der Waals surface area contributed by atoms with Crippen molar-refractivity contribution in [3.8, 4) is 5.75 Å². The molecule has 0 amide bonds. The second kappa shape index (κ2) is 6.07. The Morgan fingerprint density at radius 1 is 1.33 bits per heavy atom. The second-order valence-electron chi connectivity index (χ2n) is 5.18. The lowest BCUT2D eigenvalue weighted by Crippen LogP contribution is -2.31. The zero-order chi connectivity index (χ0) is 13.0. The first-order chi connectivity index (χ1) is 8.65. The van der Waals surface area contributed by atoms with E-state index in [0.717, 1.165) is 25.2 Å². The number of phenols is 1. The minimum atomic E-state index is 0.165. The monoisotopic (exact) mass is 249 g/mol. The van der Waals surface area contributed by atoms with Gasteiger partial charge in [-0.2, -0.15) is 0 Å². The summed E-state index contributed by atoms with van der Waals surface area (Å²) in [6, 6.07) is 5.44. The Labute approximate surface area is 109 Å². The molecular formula is C14H23N3O. The molecule has 4 heteroatoms. The predicted molar refractivity (Wildman–Crippen MR) is 74.5 cm³/mol. The fourth-order valence-corrected chi connectivity index (χ4v) is 2.41. The highest BCUT2D eigenvalue weighted by molar-refractivity contribution is 5.53. The molecule has 0 spiro atoms. The van der Waals surface area contributed by atoms with Gasteiger partial charge in [-0.15, -0.1) is 0 Å². The van der Waals surface area contributed by atoms with Crippen molar-refractivity contribution in [1.82, 2.24) is 9.80 Å². The number of likely N-dealkylation sites (N-methyl/N-ethyl adjacent to an activating group) is 1. The maximum atomic E-state index is 9.38. The van der Waals surface area contributed by atoms with Gasteiger partial charge in [0.05, 0.1) is 5.69 Å². The van der Waals surface area contributed by atoms with Crippen LogP contribution in [-0.4, -0.2) is 48.1 Å². The van der Waals surface area contributed by atoms with E-state index >= 15 is 0 Å². The smallest absolute Gasteiger partial charge is 0.138 e. The molecule has 3 N–H and O–H groups in total. The summed E-state index contributed by atoms with van der Waals surface area (Å²) >= 11 is 0. The van der Waals surface area contributed by atoms with Crippen LogP contribution in [0.4, 0.5) is 5.69 Å². The third kappa shape index (κ3) is 3.62. The maximum Gasteiger partial charge on any atom is 0.138 e. The average molecular weight is 249 g/mol. The largest absolute Gasteiger partial charge is 0.506 e. The van der Waals surface area contributed by atoms with Gasteiger partial charge in [0, 0.05) is 19.6 Å². The average Bonchev–Trinajstić information content (AvgIpc) is 2.84. The molecule has 0 aliphatic carbocycles. The molecule has 0 aromatic heterocycles. The Hall–Kier alpha value is -1.26. The number of aromatic hydroxyl groups is 1. The molecule has 1 aromatic rings. The van der Waals surface area contributed by atoms with Gasteiger partial charge in [-0.05, 0) is 50.7 Å². The highest BCUT2D eigenvalue weighted by atomic mass is 16.3. The van der Waals surface area contributed by atoms with Crippen LogP contribution in [0.2, 0.25) is 0 Å². The molecule has 0 unspecified atom stereocenters. The van der Waals surface area contributed by atoms with Gasteiger partial charge in [-0.25, -0.2) is 0 Å². The van der Waals surface area contributed by atoms with E-state index in [1.165, 1.54) is 25.9 Å². The molecule has 0 saturated carbocycles. The summed E-state index contributed by atoms with van der Waals surface area (Å²) < 4.78 is 0. The van der Waals surface area contributed by atoms with E-state index in [1.54, 1.807) is 6.07 Å². The molecule has 0 atom stereocenters. The van der Waals surface area contributed by atoms with Crippen molar-refractivity contribution in [2.45, 2.75) is 19.4 Å². The van der Waals surface area contributed by atoms with Gasteiger partial charge in [0.25, 0.3) is 0 Å². The number of hydrogen-bond acceptors (Lipinski definition) is 4. The van der Waals surface area contributed by atoms with Crippen molar-refractivity contribution in [3.63, 3.8) is 0 Å². The van der Waals surface area contributed by atoms with Crippen molar-refractivity contribution in [3.05, 3.63) is 23.8 Å². The van der Waals surface area contributed by atoms with E-state index in [-0.39, 0.29) is 5.75 Å². The van der Waals surface area contributed by atoms with Crippen molar-refractivity contribution >= 4 is 5.69 Å². The Morgan fingerprint density at radius 3 is 2.72 bits per heavy atom. The van der Waals surface area contributed by atoms with E-state index in [0.29, 0.717) is 5.69 Å². The van der Waals surface area contributed by atoms with Gasteiger partial charge < -0.3 is 20.6 Å². The predicted octanol–water partition coefficient (Wildman–Crippen LogP) is 1.50. The summed E-state index contributed by atoms with van der Waals surface area (Å²) in [6.45, 7) is 5.59. The molecule has 0 bridgehead atoms. The van der Waals surface area contributed by atoms with Crippen LogP contribution in [0.1, 0.15) is 18.4 Å². The summed E-state index contributed by atoms with van der Waals surface area (Å²) in [4.78, 5) is 4.81. The standard InChI is InChI=1S/C14H23N3O/c1-16(8-9-17-6-2-3-7-17)11-12-4-5-14(18)13(15)10-12/h4-5,10,18H,2-3,6-9,11,15H2,1H3. The fourth-order valence-electron chi connectivity index (χ4n) is 2.41. The molecular weight excluding hydrogens is 226 g/mol. The number of nitrogens with two attached hydrogens (primary N) is 1. The summed E-state index contributed by atoms with van der Waals surface area (Å²) in [6.07, 6.45) is 2.69. The van der Waals surface area contributed by atoms with Crippen LogP contribution in [0.5, 0.6) is 5.75 Å². The highest BCUT2D eigenvalue weighted by Gasteiger charge is 2.11. The molecule has 4 nitrogen and oxygen atoms in total. The SMILES string of the molecule is CN(CCN1CCCC1)Cc1ccc(O)c(N)c1. The maximum absolute atomic E-state index is 9.38. The molecule has 100 valence electrons. The molecule has 1 aliphatic heterocycles. The van der Waals surface area contributed by atoms with E-state index in [4.69, 9.17) is 5.73 Å². The number of hydrogen-bond donors (Lipinski definition) is 2. The third-order valence-electron chi connectivity index (χ3n) is 3.54. The van der Waals surface area contributed by atoms with E-state index in [9.17, 15) is 5.11 Å². The fraction of sp³-hybridized carbons (Fsp3) is 0.571. The molecule has 1 saturated heterocycles. The van der Waals surface area contributed by atoms with Crippen LogP contribution >= 0.6 is 0 Å². The van der Waals surface area contributed by atoms with Gasteiger partial charge in [-0.3, -0.25) is 0 Å². The van der Waals surface area contributed by atoms with Gasteiger partial charge >= 0.3 is 0 Å². The Balaban J connectivity index is 1.78. The third-order valence-corrected chi connectivity index (χ3v) is 3.54. The number of benzene rings is 1. The Morgan fingerprint density at radius 2 is 2.06 bits per heavy atom. The summed E-state index contributed by atoms with van der Waals surface area (Å²) in [5.41, 5.74) is 7.30. The number of nitrogen functional groups attached to an aromatic ring is 1. The van der Waals surface area contributed by atoms with Gasteiger partial charge in [0.2, 0.25) is 0 Å². The zero-order valence-corrected chi connectivity index (χ0v) is 11.1. The van der Waals surface area contributed by atoms with Crippen molar-refractivity contribution < 1.29 is 5.11 Å². The van der Waals surface area contributed by atoms with E-state index in [2.05, 4.69) is 16.8 Å². The Kier molecular flexibility index (Phi) is 4.44. The van der Waals surface area contributed by atoms with Crippen LogP contribution in [0.3, 0.4) is 0 Å². The second-order valence-corrected chi connectivity index (χ2v) is 5.18. The minimum absolute atomic E-state index is 0.165. The molecule has 2 rings (SSSR count). The van der Waals surface area contributed by atoms with Crippen LogP contribution in [0, 0.1) is 0 Å². The lowest BCUT2D eigenvalue weighted by molar-refractivity contribution is 0.252. The quantitative estimate of drug-likeness (QED) is 0.613. The molecule has 1 aliphatic rings. The van der Waals surface area contributed by atoms with Gasteiger partial charge in [-0.1, -0.05) is 6.07 Å². The lowest BCUT2D eigenvalue weighted by atomic mass is 10.2.